The molecule has 0 aromatic heterocycles. The van der Waals surface area contributed by atoms with Crippen LogP contribution in [-0.2, 0) is 14.9 Å². The van der Waals surface area contributed by atoms with Crippen LogP contribution in [0.4, 0.5) is 0 Å². The first-order chi connectivity index (χ1) is 9.34. The van der Waals surface area contributed by atoms with Crippen LogP contribution in [0.25, 0.3) is 0 Å². The van der Waals surface area contributed by atoms with Crippen LogP contribution in [0.2, 0.25) is 0 Å². The molecule has 2 N–H and O–H groups in total. The molecule has 0 bridgehead atoms. The maximum atomic E-state index is 12.8. The zero-order valence-corrected chi connectivity index (χ0v) is 13.3. The highest BCUT2D eigenvalue weighted by Gasteiger charge is 2.40. The standard InChI is InChI=1S/C12H26N4O3S/c1-10-7-15(8-11(2)19-10)20(17,18)16-5-4-14(3)9-12(16)6-13/h10-12H,4-9,13H2,1-3H3. The van der Waals surface area contributed by atoms with Crippen molar-refractivity contribution in [2.24, 2.45) is 5.73 Å². The number of likely N-dealkylation sites (N-methyl/N-ethyl adjacent to an activating group) is 1. The summed E-state index contributed by atoms with van der Waals surface area (Å²) in [5.41, 5.74) is 5.76. The highest BCUT2D eigenvalue weighted by atomic mass is 32.2. The van der Waals surface area contributed by atoms with Crippen molar-refractivity contribution in [1.82, 2.24) is 13.5 Å². The van der Waals surface area contributed by atoms with Crippen molar-refractivity contribution in [3.63, 3.8) is 0 Å². The van der Waals surface area contributed by atoms with Gasteiger partial charge < -0.3 is 15.4 Å². The number of nitrogens with zero attached hydrogens (tertiary/aromatic N) is 3. The summed E-state index contributed by atoms with van der Waals surface area (Å²) in [5.74, 6) is 0. The van der Waals surface area contributed by atoms with Gasteiger partial charge in [-0.3, -0.25) is 0 Å². The SMILES string of the molecule is CC1CN(S(=O)(=O)N2CCN(C)CC2CN)CC(C)O1. The minimum Gasteiger partial charge on any atom is -0.373 e. The lowest BCUT2D eigenvalue weighted by Crippen LogP contribution is -2.61. The molecule has 8 heteroatoms. The largest absolute Gasteiger partial charge is 0.373 e. The summed E-state index contributed by atoms with van der Waals surface area (Å²) < 4.78 is 34.4. The minimum absolute atomic E-state index is 0.0719. The fraction of sp³-hybridized carbons (Fsp3) is 1.00. The Balaban J connectivity index is 2.16. The number of nitrogens with two attached hydrogens (primary N) is 1. The van der Waals surface area contributed by atoms with Gasteiger partial charge in [-0.2, -0.15) is 17.0 Å². The molecule has 0 spiro atoms. The third-order valence-corrected chi connectivity index (χ3v) is 5.94. The molecule has 0 radical (unpaired) electrons. The van der Waals surface area contributed by atoms with Crippen molar-refractivity contribution < 1.29 is 13.2 Å². The van der Waals surface area contributed by atoms with Crippen LogP contribution >= 0.6 is 0 Å². The molecule has 0 aromatic carbocycles. The van der Waals surface area contributed by atoms with Crippen molar-refractivity contribution in [2.45, 2.75) is 32.1 Å². The number of hydrogen-bond donors (Lipinski definition) is 1. The maximum Gasteiger partial charge on any atom is 0.282 e. The van der Waals surface area contributed by atoms with Gasteiger partial charge in [0.1, 0.15) is 0 Å². The van der Waals surface area contributed by atoms with E-state index in [1.165, 1.54) is 0 Å². The Labute approximate surface area is 121 Å². The molecule has 3 atom stereocenters. The zero-order chi connectivity index (χ0) is 14.9. The van der Waals surface area contributed by atoms with Crippen molar-refractivity contribution in [3.05, 3.63) is 0 Å². The summed E-state index contributed by atoms with van der Waals surface area (Å²) in [5, 5.41) is 0. The highest BCUT2D eigenvalue weighted by molar-refractivity contribution is 7.86. The molecule has 20 heavy (non-hydrogen) atoms. The number of ether oxygens (including phenoxy) is 1. The maximum absolute atomic E-state index is 12.8. The highest BCUT2D eigenvalue weighted by Crippen LogP contribution is 2.21. The number of hydrogen-bond acceptors (Lipinski definition) is 5. The fourth-order valence-electron chi connectivity index (χ4n) is 2.96. The van der Waals surface area contributed by atoms with E-state index in [2.05, 4.69) is 4.90 Å². The second-order valence-corrected chi connectivity index (χ2v) is 7.73. The van der Waals surface area contributed by atoms with Crippen LogP contribution < -0.4 is 5.73 Å². The lowest BCUT2D eigenvalue weighted by atomic mass is 10.2. The minimum atomic E-state index is -3.46. The molecule has 7 nitrogen and oxygen atoms in total. The van der Waals surface area contributed by atoms with Gasteiger partial charge in [0.05, 0.1) is 18.2 Å². The van der Waals surface area contributed by atoms with E-state index in [-0.39, 0.29) is 18.2 Å². The third kappa shape index (κ3) is 3.32. The summed E-state index contributed by atoms with van der Waals surface area (Å²) in [6.07, 6.45) is -0.144. The molecule has 2 heterocycles. The molecule has 2 aliphatic rings. The molecule has 0 aliphatic carbocycles. The molecule has 2 rings (SSSR count). The topological polar surface area (TPSA) is 79.1 Å². The molecule has 2 saturated heterocycles. The average Bonchev–Trinajstić information content (AvgIpc) is 2.37. The first-order valence-corrected chi connectivity index (χ1v) is 8.55. The molecule has 2 aliphatic heterocycles. The summed E-state index contributed by atoms with van der Waals surface area (Å²) in [4.78, 5) is 2.12. The van der Waals surface area contributed by atoms with Crippen LogP contribution in [0.15, 0.2) is 0 Å². The molecule has 0 saturated carbocycles. The number of rotatable bonds is 3. The Hall–Kier alpha value is -0.250. The van der Waals surface area contributed by atoms with Gasteiger partial charge in [0.25, 0.3) is 10.2 Å². The summed E-state index contributed by atoms with van der Waals surface area (Å²) in [6, 6.07) is -0.146. The van der Waals surface area contributed by atoms with Gasteiger partial charge in [0.15, 0.2) is 0 Å². The van der Waals surface area contributed by atoms with Crippen molar-refractivity contribution in [1.29, 1.82) is 0 Å². The van der Waals surface area contributed by atoms with Crippen molar-refractivity contribution in [3.8, 4) is 0 Å². The van der Waals surface area contributed by atoms with Gasteiger partial charge in [-0.15, -0.1) is 0 Å². The van der Waals surface area contributed by atoms with E-state index in [0.29, 0.717) is 32.7 Å². The van der Waals surface area contributed by atoms with E-state index in [0.717, 1.165) is 6.54 Å². The summed E-state index contributed by atoms with van der Waals surface area (Å²) in [7, 11) is -1.46. The van der Waals surface area contributed by atoms with Gasteiger partial charge in [-0.05, 0) is 20.9 Å². The van der Waals surface area contributed by atoms with Crippen LogP contribution in [0.1, 0.15) is 13.8 Å². The van der Waals surface area contributed by atoms with Crippen molar-refractivity contribution in [2.75, 3.05) is 46.3 Å². The summed E-state index contributed by atoms with van der Waals surface area (Å²) in [6.45, 7) is 6.91. The predicted octanol–water partition coefficient (Wildman–Crippen LogP) is -1.08. The second-order valence-electron chi connectivity index (χ2n) is 5.84. The van der Waals surface area contributed by atoms with E-state index >= 15 is 0 Å². The summed E-state index contributed by atoms with van der Waals surface area (Å²) >= 11 is 0. The molecule has 3 unspecified atom stereocenters. The molecular formula is C12H26N4O3S. The Morgan fingerprint density at radius 3 is 2.30 bits per heavy atom. The molecule has 118 valence electrons. The Bertz CT molecular complexity index is 420. The molecule has 0 amide bonds. The Morgan fingerprint density at radius 2 is 1.75 bits per heavy atom. The first kappa shape index (κ1) is 16.1. The molecule has 0 aromatic rings. The quantitative estimate of drug-likeness (QED) is 0.717. The van der Waals surface area contributed by atoms with Crippen LogP contribution in [-0.4, -0.2) is 86.5 Å². The van der Waals surface area contributed by atoms with Gasteiger partial charge in [0.2, 0.25) is 0 Å². The van der Waals surface area contributed by atoms with Gasteiger partial charge in [0, 0.05) is 39.3 Å². The van der Waals surface area contributed by atoms with E-state index in [4.69, 9.17) is 10.5 Å². The van der Waals surface area contributed by atoms with Crippen LogP contribution in [0.3, 0.4) is 0 Å². The van der Waals surface area contributed by atoms with Crippen LogP contribution in [0.5, 0.6) is 0 Å². The number of morpholine rings is 1. The van der Waals surface area contributed by atoms with E-state index in [9.17, 15) is 8.42 Å². The van der Waals surface area contributed by atoms with E-state index in [1.807, 2.05) is 20.9 Å². The van der Waals surface area contributed by atoms with E-state index < -0.39 is 10.2 Å². The number of piperazine rings is 1. The molecule has 2 fully saturated rings. The van der Waals surface area contributed by atoms with Gasteiger partial charge >= 0.3 is 0 Å². The predicted molar refractivity (Wildman–Crippen MR) is 77.5 cm³/mol. The Morgan fingerprint density at radius 1 is 1.15 bits per heavy atom. The smallest absolute Gasteiger partial charge is 0.282 e. The Kier molecular flexibility index (Phi) is 5.04. The average molecular weight is 306 g/mol. The van der Waals surface area contributed by atoms with E-state index in [1.54, 1.807) is 8.61 Å². The van der Waals surface area contributed by atoms with Gasteiger partial charge in [-0.1, -0.05) is 0 Å². The monoisotopic (exact) mass is 306 g/mol. The van der Waals surface area contributed by atoms with Gasteiger partial charge in [-0.25, -0.2) is 0 Å². The normalized spacial score (nSPS) is 35.3. The lowest BCUT2D eigenvalue weighted by molar-refractivity contribution is -0.0462. The fourth-order valence-corrected chi connectivity index (χ4v) is 4.89. The zero-order valence-electron chi connectivity index (χ0n) is 12.5. The third-order valence-electron chi connectivity index (χ3n) is 3.91. The second kappa shape index (κ2) is 6.25. The first-order valence-electron chi connectivity index (χ1n) is 7.15. The lowest BCUT2D eigenvalue weighted by Gasteiger charge is -2.43. The van der Waals surface area contributed by atoms with Crippen LogP contribution in [0, 0.1) is 0 Å². The van der Waals surface area contributed by atoms with Crippen molar-refractivity contribution >= 4 is 10.2 Å². The molecular weight excluding hydrogens is 280 g/mol.